The topological polar surface area (TPSA) is 0 Å². The van der Waals surface area contributed by atoms with Gasteiger partial charge in [0, 0.05) is 0 Å². The van der Waals surface area contributed by atoms with Gasteiger partial charge in [-0.05, 0) is 26.7 Å². The summed E-state index contributed by atoms with van der Waals surface area (Å²) in [6.07, 6.45) is 6.77. The molecule has 0 spiro atoms. The molecule has 0 aliphatic heterocycles. The lowest BCUT2D eigenvalue weighted by molar-refractivity contribution is 1.07. The Balaban J connectivity index is 4.08. The first-order valence-electron chi connectivity index (χ1n) is 4.06. The highest BCUT2D eigenvalue weighted by molar-refractivity contribution is 5.21. The molecular formula is C10H18. The Labute approximate surface area is 64.6 Å². The summed E-state index contributed by atoms with van der Waals surface area (Å²) >= 11 is 0. The zero-order chi connectivity index (χ0) is 7.98. The van der Waals surface area contributed by atoms with Crippen molar-refractivity contribution >= 4 is 0 Å². The molecule has 0 radical (unpaired) electrons. The Morgan fingerprint density at radius 1 is 1.20 bits per heavy atom. The van der Waals surface area contributed by atoms with E-state index in [-0.39, 0.29) is 0 Å². The molecule has 0 fully saturated rings. The summed E-state index contributed by atoms with van der Waals surface area (Å²) in [7, 11) is 0. The van der Waals surface area contributed by atoms with Gasteiger partial charge in [-0.25, -0.2) is 0 Å². The molecule has 0 bridgehead atoms. The molecule has 0 saturated heterocycles. The van der Waals surface area contributed by atoms with Gasteiger partial charge in [0.15, 0.2) is 0 Å². The maximum absolute atomic E-state index is 2.28. The fourth-order valence-electron chi connectivity index (χ4n) is 0.808. The van der Waals surface area contributed by atoms with E-state index in [0.29, 0.717) is 0 Å². The van der Waals surface area contributed by atoms with Crippen LogP contribution in [0.2, 0.25) is 0 Å². The third-order valence-corrected chi connectivity index (χ3v) is 1.77. The Morgan fingerprint density at radius 3 is 2.10 bits per heavy atom. The van der Waals surface area contributed by atoms with E-state index in [1.165, 1.54) is 11.1 Å². The van der Waals surface area contributed by atoms with Gasteiger partial charge in [-0.2, -0.15) is 0 Å². The highest BCUT2D eigenvalue weighted by Crippen LogP contribution is 2.08. The van der Waals surface area contributed by atoms with E-state index in [2.05, 4.69) is 39.8 Å². The van der Waals surface area contributed by atoms with E-state index in [4.69, 9.17) is 0 Å². The van der Waals surface area contributed by atoms with Gasteiger partial charge in [-0.3, -0.25) is 0 Å². The van der Waals surface area contributed by atoms with Gasteiger partial charge in [0.25, 0.3) is 0 Å². The third-order valence-electron chi connectivity index (χ3n) is 1.77. The first-order chi connectivity index (χ1) is 4.74. The minimum atomic E-state index is 1.15. The van der Waals surface area contributed by atoms with Gasteiger partial charge in [-0.15, -0.1) is 0 Å². The summed E-state index contributed by atoms with van der Waals surface area (Å²) in [6.45, 7) is 8.65. The van der Waals surface area contributed by atoms with Gasteiger partial charge < -0.3 is 0 Å². The predicted octanol–water partition coefficient (Wildman–Crippen LogP) is 3.70. The van der Waals surface area contributed by atoms with Crippen molar-refractivity contribution in [3.05, 3.63) is 23.3 Å². The highest BCUT2D eigenvalue weighted by atomic mass is 13.9. The monoisotopic (exact) mass is 138 g/mol. The quantitative estimate of drug-likeness (QED) is 0.522. The van der Waals surface area contributed by atoms with Crippen molar-refractivity contribution in [2.75, 3.05) is 0 Å². The number of hydrogen-bond acceptors (Lipinski definition) is 0. The summed E-state index contributed by atoms with van der Waals surface area (Å²) in [5.41, 5.74) is 2.91. The summed E-state index contributed by atoms with van der Waals surface area (Å²) < 4.78 is 0. The van der Waals surface area contributed by atoms with Gasteiger partial charge in [0.05, 0.1) is 0 Å². The van der Waals surface area contributed by atoms with Crippen LogP contribution >= 0.6 is 0 Å². The van der Waals surface area contributed by atoms with Crippen LogP contribution < -0.4 is 0 Å². The zero-order valence-electron chi connectivity index (χ0n) is 7.57. The molecule has 0 unspecified atom stereocenters. The van der Waals surface area contributed by atoms with Crippen LogP contribution in [0.4, 0.5) is 0 Å². The minimum Gasteiger partial charge on any atom is -0.0845 e. The third kappa shape index (κ3) is 3.49. The second-order valence-corrected chi connectivity index (χ2v) is 2.56. The molecule has 0 nitrogen and oxygen atoms in total. The van der Waals surface area contributed by atoms with Crippen LogP contribution in [0.1, 0.15) is 40.5 Å². The maximum atomic E-state index is 2.28. The van der Waals surface area contributed by atoms with Crippen molar-refractivity contribution < 1.29 is 0 Å². The smallest absolute Gasteiger partial charge is 0.0311 e. The van der Waals surface area contributed by atoms with Crippen molar-refractivity contribution in [3.63, 3.8) is 0 Å². The summed E-state index contributed by atoms with van der Waals surface area (Å²) in [5.74, 6) is 0. The lowest BCUT2D eigenvalue weighted by Gasteiger charge is -1.97. The van der Waals surface area contributed by atoms with Crippen LogP contribution in [-0.4, -0.2) is 0 Å². The van der Waals surface area contributed by atoms with E-state index >= 15 is 0 Å². The van der Waals surface area contributed by atoms with Crippen LogP contribution in [-0.2, 0) is 0 Å². The molecule has 0 heterocycles. The summed E-state index contributed by atoms with van der Waals surface area (Å²) in [6, 6.07) is 0. The Morgan fingerprint density at radius 2 is 1.80 bits per heavy atom. The van der Waals surface area contributed by atoms with Crippen molar-refractivity contribution in [1.82, 2.24) is 0 Å². The van der Waals surface area contributed by atoms with Gasteiger partial charge in [0.1, 0.15) is 0 Å². The number of hydrogen-bond donors (Lipinski definition) is 0. The molecular weight excluding hydrogens is 120 g/mol. The molecule has 0 rings (SSSR count). The van der Waals surface area contributed by atoms with Crippen LogP contribution in [0, 0.1) is 0 Å². The van der Waals surface area contributed by atoms with Crippen LogP contribution in [0.5, 0.6) is 0 Å². The highest BCUT2D eigenvalue weighted by Gasteiger charge is 1.87. The Bertz CT molecular complexity index is 138. The minimum absolute atomic E-state index is 1.15. The molecule has 0 heteroatoms. The Hall–Kier alpha value is -0.520. The van der Waals surface area contributed by atoms with Gasteiger partial charge in [0.2, 0.25) is 0 Å². The molecule has 0 aromatic carbocycles. The number of rotatable bonds is 3. The molecule has 0 saturated carbocycles. The molecule has 0 aliphatic rings. The van der Waals surface area contributed by atoms with E-state index in [0.717, 1.165) is 12.8 Å². The van der Waals surface area contributed by atoms with Crippen molar-refractivity contribution in [3.8, 4) is 0 Å². The Kier molecular flexibility index (Phi) is 5.00. The van der Waals surface area contributed by atoms with E-state index in [1.807, 2.05) is 0 Å². The normalized spacial score (nSPS) is 14.0. The second kappa shape index (κ2) is 5.28. The van der Waals surface area contributed by atoms with Crippen molar-refractivity contribution in [1.29, 1.82) is 0 Å². The molecule has 0 aromatic rings. The standard InChI is InChI=1S/C10H18/c1-5-9(4)8-10(6-2)7-3/h6,8H,5,7H2,1-4H3/b9-8-,10-6-. The van der Waals surface area contributed by atoms with Crippen molar-refractivity contribution in [2.45, 2.75) is 40.5 Å². The summed E-state index contributed by atoms with van der Waals surface area (Å²) in [4.78, 5) is 0. The SMILES string of the molecule is C/C=C(\C=C(\C)CC)CC. The molecule has 0 amide bonds. The lowest BCUT2D eigenvalue weighted by Crippen LogP contribution is -1.77. The molecule has 0 aromatic heterocycles. The summed E-state index contributed by atoms with van der Waals surface area (Å²) in [5, 5.41) is 0. The van der Waals surface area contributed by atoms with E-state index in [9.17, 15) is 0 Å². The number of allylic oxidation sites excluding steroid dienone is 4. The van der Waals surface area contributed by atoms with Gasteiger partial charge >= 0.3 is 0 Å². The van der Waals surface area contributed by atoms with E-state index < -0.39 is 0 Å². The fraction of sp³-hybridized carbons (Fsp3) is 0.600. The molecule has 0 N–H and O–H groups in total. The molecule has 0 aliphatic carbocycles. The maximum Gasteiger partial charge on any atom is -0.0311 e. The fourth-order valence-corrected chi connectivity index (χ4v) is 0.808. The van der Waals surface area contributed by atoms with Crippen LogP contribution in [0.15, 0.2) is 23.3 Å². The van der Waals surface area contributed by atoms with Crippen molar-refractivity contribution in [2.24, 2.45) is 0 Å². The van der Waals surface area contributed by atoms with Crippen LogP contribution in [0.25, 0.3) is 0 Å². The average Bonchev–Trinajstić information content (AvgIpc) is 1.99. The zero-order valence-corrected chi connectivity index (χ0v) is 7.57. The molecule has 10 heavy (non-hydrogen) atoms. The first kappa shape index (κ1) is 9.48. The lowest BCUT2D eigenvalue weighted by atomic mass is 10.1. The largest absolute Gasteiger partial charge is 0.0845 e. The molecule has 58 valence electrons. The first-order valence-corrected chi connectivity index (χ1v) is 4.06. The average molecular weight is 138 g/mol. The van der Waals surface area contributed by atoms with Crippen LogP contribution in [0.3, 0.4) is 0 Å². The molecule has 0 atom stereocenters. The van der Waals surface area contributed by atoms with E-state index in [1.54, 1.807) is 0 Å². The second-order valence-electron chi connectivity index (χ2n) is 2.56. The van der Waals surface area contributed by atoms with Gasteiger partial charge in [-0.1, -0.05) is 37.1 Å². The predicted molar refractivity (Wildman–Crippen MR) is 48.1 cm³/mol.